The highest BCUT2D eigenvalue weighted by Gasteiger charge is 2.56. The van der Waals surface area contributed by atoms with Crippen molar-refractivity contribution in [3.8, 4) is 11.5 Å². The zero-order valence-corrected chi connectivity index (χ0v) is 13.5. The zero-order chi connectivity index (χ0) is 15.0. The summed E-state index contributed by atoms with van der Waals surface area (Å²) >= 11 is 3.73. The second kappa shape index (κ2) is 5.48. The van der Waals surface area contributed by atoms with Crippen molar-refractivity contribution < 1.29 is 14.4 Å². The molecule has 2 saturated carbocycles. The highest BCUT2D eigenvalue weighted by Crippen LogP contribution is 2.58. The van der Waals surface area contributed by atoms with Gasteiger partial charge in [0.1, 0.15) is 11.9 Å². The fraction of sp³-hybridized carbons (Fsp3) is 0.600. The quantitative estimate of drug-likeness (QED) is 0.463. The molecule has 3 rings (SSSR count). The van der Waals surface area contributed by atoms with Gasteiger partial charge in [-0.1, -0.05) is 28.8 Å². The Morgan fingerprint density at radius 3 is 2.67 bits per heavy atom. The summed E-state index contributed by atoms with van der Waals surface area (Å²) in [6.45, 7) is 0. The summed E-state index contributed by atoms with van der Waals surface area (Å²) in [4.78, 5) is 11.2. The van der Waals surface area contributed by atoms with Crippen molar-refractivity contribution in [1.29, 1.82) is 0 Å². The van der Waals surface area contributed by atoms with Gasteiger partial charge in [-0.15, -0.1) is 0 Å². The van der Waals surface area contributed by atoms with Crippen LogP contribution in [-0.2, 0) is 0 Å². The highest BCUT2D eigenvalue weighted by atomic mass is 79.9. The zero-order valence-electron chi connectivity index (χ0n) is 11.9. The molecule has 6 heteroatoms. The third kappa shape index (κ3) is 2.39. The maximum atomic E-state index is 11.2. The minimum Gasteiger partial charge on any atom is -0.497 e. The predicted molar refractivity (Wildman–Crippen MR) is 82.3 cm³/mol. The Hall–Kier alpha value is -1.30. The molecule has 114 valence electrons. The predicted octanol–water partition coefficient (Wildman–Crippen LogP) is 4.08. The van der Waals surface area contributed by atoms with Crippen molar-refractivity contribution in [2.24, 2.45) is 5.41 Å². The molecule has 0 saturated heterocycles. The van der Waals surface area contributed by atoms with Gasteiger partial charge in [-0.2, -0.15) is 0 Å². The van der Waals surface area contributed by atoms with E-state index in [0.29, 0.717) is 16.3 Å². The molecule has 2 unspecified atom stereocenters. The van der Waals surface area contributed by atoms with Gasteiger partial charge < -0.3 is 9.47 Å². The lowest BCUT2D eigenvalue weighted by Crippen LogP contribution is -2.55. The molecule has 2 fully saturated rings. The van der Waals surface area contributed by atoms with Gasteiger partial charge in [0, 0.05) is 22.4 Å². The minimum absolute atomic E-state index is 0.00182. The molecule has 0 amide bonds. The fourth-order valence-corrected chi connectivity index (χ4v) is 4.64. The first kappa shape index (κ1) is 14.6. The van der Waals surface area contributed by atoms with E-state index in [9.17, 15) is 10.1 Å². The largest absolute Gasteiger partial charge is 0.497 e. The van der Waals surface area contributed by atoms with E-state index in [1.807, 2.05) is 0 Å². The van der Waals surface area contributed by atoms with Gasteiger partial charge in [0.05, 0.1) is 12.0 Å². The SMILES string of the molecule is COc1ccc([N+](=O)[O-])c(OC2CC(Br)C23CCCC3)c1. The number of methoxy groups -OCH3 is 1. The van der Waals surface area contributed by atoms with E-state index in [0.717, 1.165) is 19.3 Å². The van der Waals surface area contributed by atoms with Crippen LogP contribution in [0.4, 0.5) is 5.69 Å². The van der Waals surface area contributed by atoms with Gasteiger partial charge in [-0.05, 0) is 25.3 Å². The Morgan fingerprint density at radius 1 is 1.38 bits per heavy atom. The molecule has 1 spiro atoms. The number of hydrogen-bond acceptors (Lipinski definition) is 4. The average Bonchev–Trinajstić information content (AvgIpc) is 2.99. The number of halogens is 1. The van der Waals surface area contributed by atoms with Crippen LogP contribution in [0.2, 0.25) is 0 Å². The van der Waals surface area contributed by atoms with Crippen LogP contribution in [0.15, 0.2) is 18.2 Å². The highest BCUT2D eigenvalue weighted by molar-refractivity contribution is 9.09. The second-order valence-electron chi connectivity index (χ2n) is 5.84. The van der Waals surface area contributed by atoms with Gasteiger partial charge >= 0.3 is 5.69 Å². The van der Waals surface area contributed by atoms with Gasteiger partial charge in [0.2, 0.25) is 5.75 Å². The lowest BCUT2D eigenvalue weighted by molar-refractivity contribution is -0.386. The Morgan fingerprint density at radius 2 is 2.10 bits per heavy atom. The normalized spacial score (nSPS) is 26.4. The third-order valence-electron chi connectivity index (χ3n) is 4.85. The molecule has 0 aromatic heterocycles. The van der Waals surface area contributed by atoms with E-state index in [1.54, 1.807) is 19.2 Å². The molecule has 5 nitrogen and oxygen atoms in total. The average molecular weight is 356 g/mol. The molecule has 0 N–H and O–H groups in total. The first-order chi connectivity index (χ1) is 10.1. The number of hydrogen-bond donors (Lipinski definition) is 0. The molecule has 0 radical (unpaired) electrons. The summed E-state index contributed by atoms with van der Waals surface area (Å²) in [5.41, 5.74) is 0.152. The molecule has 0 bridgehead atoms. The van der Waals surface area contributed by atoms with Crippen LogP contribution in [0.3, 0.4) is 0 Å². The molecule has 1 aromatic carbocycles. The molecule has 21 heavy (non-hydrogen) atoms. The van der Waals surface area contributed by atoms with Gasteiger partial charge in [-0.25, -0.2) is 0 Å². The minimum atomic E-state index is -0.402. The van der Waals surface area contributed by atoms with Crippen molar-refractivity contribution in [2.45, 2.75) is 43.0 Å². The molecular weight excluding hydrogens is 338 g/mol. The Labute approximate surface area is 131 Å². The van der Waals surface area contributed by atoms with Gasteiger partial charge in [0.25, 0.3) is 0 Å². The third-order valence-corrected chi connectivity index (χ3v) is 6.14. The molecule has 2 aliphatic rings. The summed E-state index contributed by atoms with van der Waals surface area (Å²) < 4.78 is 11.2. The smallest absolute Gasteiger partial charge is 0.311 e. The molecule has 0 heterocycles. The van der Waals surface area contributed by atoms with Crippen molar-refractivity contribution in [2.75, 3.05) is 7.11 Å². The lowest BCUT2D eigenvalue weighted by Gasteiger charge is -2.51. The fourth-order valence-electron chi connectivity index (χ4n) is 3.55. The summed E-state index contributed by atoms with van der Waals surface area (Å²) in [6, 6.07) is 4.65. The van der Waals surface area contributed by atoms with Crippen molar-refractivity contribution in [3.05, 3.63) is 28.3 Å². The number of alkyl halides is 1. The van der Waals surface area contributed by atoms with Crippen LogP contribution in [0.25, 0.3) is 0 Å². The van der Waals surface area contributed by atoms with Crippen molar-refractivity contribution >= 4 is 21.6 Å². The van der Waals surface area contributed by atoms with E-state index in [4.69, 9.17) is 9.47 Å². The van der Waals surface area contributed by atoms with Crippen LogP contribution in [-0.4, -0.2) is 23.0 Å². The molecule has 2 atom stereocenters. The molecule has 0 aliphatic heterocycles. The first-order valence-corrected chi connectivity index (χ1v) is 8.11. The standard InChI is InChI=1S/C15H18BrNO4/c1-20-10-4-5-11(17(18)19)12(8-10)21-14-9-13(16)15(14)6-2-3-7-15/h4-5,8,13-14H,2-3,6-7,9H2,1H3. The van der Waals surface area contributed by atoms with Crippen molar-refractivity contribution in [1.82, 2.24) is 0 Å². The van der Waals surface area contributed by atoms with E-state index in [2.05, 4.69) is 15.9 Å². The topological polar surface area (TPSA) is 61.6 Å². The summed E-state index contributed by atoms with van der Waals surface area (Å²) in [5.74, 6) is 0.890. The molecular formula is C15H18BrNO4. The lowest BCUT2D eigenvalue weighted by atomic mass is 9.64. The van der Waals surface area contributed by atoms with E-state index in [1.165, 1.54) is 18.9 Å². The number of nitro groups is 1. The second-order valence-corrected chi connectivity index (χ2v) is 6.95. The van der Waals surface area contributed by atoms with E-state index in [-0.39, 0.29) is 17.2 Å². The first-order valence-electron chi connectivity index (χ1n) is 7.20. The van der Waals surface area contributed by atoms with Crippen LogP contribution in [0, 0.1) is 15.5 Å². The van der Waals surface area contributed by atoms with Crippen LogP contribution >= 0.6 is 15.9 Å². The van der Waals surface area contributed by atoms with Crippen LogP contribution in [0.1, 0.15) is 32.1 Å². The van der Waals surface area contributed by atoms with Crippen LogP contribution < -0.4 is 9.47 Å². The monoisotopic (exact) mass is 355 g/mol. The number of nitro benzene ring substituents is 1. The van der Waals surface area contributed by atoms with Crippen molar-refractivity contribution in [3.63, 3.8) is 0 Å². The number of benzene rings is 1. The molecule has 2 aliphatic carbocycles. The Bertz CT molecular complexity index is 557. The molecule has 1 aromatic rings. The summed E-state index contributed by atoms with van der Waals surface area (Å²) in [5, 5.41) is 11.2. The summed E-state index contributed by atoms with van der Waals surface area (Å²) in [7, 11) is 1.54. The maximum absolute atomic E-state index is 11.2. The number of rotatable bonds is 4. The number of ether oxygens (including phenoxy) is 2. The van der Waals surface area contributed by atoms with E-state index >= 15 is 0 Å². The Kier molecular flexibility index (Phi) is 3.82. The maximum Gasteiger partial charge on any atom is 0.311 e. The number of nitrogens with zero attached hydrogens (tertiary/aromatic N) is 1. The summed E-state index contributed by atoms with van der Waals surface area (Å²) in [6.07, 6.45) is 5.63. The van der Waals surface area contributed by atoms with Crippen LogP contribution in [0.5, 0.6) is 11.5 Å². The van der Waals surface area contributed by atoms with Gasteiger partial charge in [0.15, 0.2) is 0 Å². The van der Waals surface area contributed by atoms with Gasteiger partial charge in [-0.3, -0.25) is 10.1 Å². The van der Waals surface area contributed by atoms with E-state index < -0.39 is 4.92 Å². The Balaban J connectivity index is 1.86.